The maximum atomic E-state index is 7.62. The third-order valence-electron chi connectivity index (χ3n) is 1.80. The number of hydrogen-bond donors (Lipinski definition) is 4. The lowest BCUT2D eigenvalue weighted by molar-refractivity contribution is 0.186. The molecule has 2 aliphatic rings. The van der Waals surface area contributed by atoms with E-state index in [1.165, 1.54) is 51.4 Å². The predicted molar refractivity (Wildman–Crippen MR) is 65.3 cm³/mol. The van der Waals surface area contributed by atoms with Crippen molar-refractivity contribution in [3.8, 4) is 0 Å². The second kappa shape index (κ2) is 20.3. The number of rotatable bonds is 2. The minimum absolute atomic E-state index is 0.125. The van der Waals surface area contributed by atoms with Gasteiger partial charge >= 0.3 is 0 Å². The topological polar surface area (TPSA) is 80.9 Å². The molecule has 4 N–H and O–H groups in total. The van der Waals surface area contributed by atoms with Crippen LogP contribution >= 0.6 is 0 Å². The minimum Gasteiger partial charge on any atom is -0.394 e. The third kappa shape index (κ3) is 37.1. The van der Waals surface area contributed by atoms with Crippen molar-refractivity contribution in [2.75, 3.05) is 26.4 Å². The molecule has 0 radical (unpaired) electrons. The van der Waals surface area contributed by atoms with Crippen molar-refractivity contribution in [2.45, 2.75) is 51.4 Å². The summed E-state index contributed by atoms with van der Waals surface area (Å²) in [5.41, 5.74) is 0. The molecule has 0 bridgehead atoms. The van der Waals surface area contributed by atoms with Crippen LogP contribution in [0.5, 0.6) is 0 Å². The minimum atomic E-state index is -0.125. The van der Waals surface area contributed by atoms with Crippen molar-refractivity contribution in [3.63, 3.8) is 0 Å². The summed E-state index contributed by atoms with van der Waals surface area (Å²) in [6.07, 6.45) is 12.0. The van der Waals surface area contributed by atoms with Gasteiger partial charge in [-0.25, -0.2) is 0 Å². The highest BCUT2D eigenvalue weighted by Gasteiger charge is 1.95. The molecule has 2 aliphatic carbocycles. The number of aliphatic hydroxyl groups is 4. The molecule has 16 heavy (non-hydrogen) atoms. The Bertz CT molecular complexity index is 74.7. The maximum Gasteiger partial charge on any atom is 0.0662 e. The lowest BCUT2D eigenvalue weighted by atomic mass is 10.4. The maximum absolute atomic E-state index is 7.62. The Hall–Kier alpha value is -0.160. The van der Waals surface area contributed by atoms with Gasteiger partial charge in [-0.05, 0) is 0 Å². The molecule has 2 saturated carbocycles. The van der Waals surface area contributed by atoms with Gasteiger partial charge in [-0.1, -0.05) is 51.4 Å². The van der Waals surface area contributed by atoms with E-state index in [4.69, 9.17) is 20.4 Å². The zero-order chi connectivity index (χ0) is 12.5. The van der Waals surface area contributed by atoms with Crippen LogP contribution in [0, 0.1) is 0 Å². The fraction of sp³-hybridized carbons (Fsp3) is 1.00. The molecule has 2 rings (SSSR count). The molecule has 0 aromatic carbocycles. The summed E-state index contributed by atoms with van der Waals surface area (Å²) >= 11 is 0. The largest absolute Gasteiger partial charge is 0.394 e. The van der Waals surface area contributed by atoms with Crippen LogP contribution in [0.1, 0.15) is 51.4 Å². The fourth-order valence-corrected chi connectivity index (χ4v) is 0.884. The van der Waals surface area contributed by atoms with Crippen molar-refractivity contribution >= 4 is 0 Å². The van der Waals surface area contributed by atoms with E-state index >= 15 is 0 Å². The predicted octanol–water partition coefficient (Wildman–Crippen LogP) is 1.06. The molecule has 0 unspecified atom stereocenters. The third-order valence-corrected chi connectivity index (χ3v) is 1.80. The van der Waals surface area contributed by atoms with Crippen LogP contribution in [0.4, 0.5) is 0 Å². The van der Waals surface area contributed by atoms with E-state index in [0.29, 0.717) is 0 Å². The zero-order valence-corrected chi connectivity index (χ0v) is 10.3. The van der Waals surface area contributed by atoms with Gasteiger partial charge in [-0.3, -0.25) is 0 Å². The van der Waals surface area contributed by atoms with E-state index in [0.717, 1.165) is 0 Å². The summed E-state index contributed by atoms with van der Waals surface area (Å²) in [5, 5.41) is 30.5. The van der Waals surface area contributed by atoms with Crippen LogP contribution in [-0.4, -0.2) is 46.9 Å². The van der Waals surface area contributed by atoms with Gasteiger partial charge in [0.25, 0.3) is 0 Å². The van der Waals surface area contributed by atoms with Crippen molar-refractivity contribution in [2.24, 2.45) is 0 Å². The van der Waals surface area contributed by atoms with Crippen LogP contribution in [-0.2, 0) is 0 Å². The molecule has 0 spiro atoms. The van der Waals surface area contributed by atoms with Crippen molar-refractivity contribution < 1.29 is 20.4 Å². The summed E-state index contributed by atoms with van der Waals surface area (Å²) in [4.78, 5) is 0. The Morgan fingerprint density at radius 3 is 0.562 bits per heavy atom. The summed E-state index contributed by atoms with van der Waals surface area (Å²) in [6.45, 7) is -0.500. The van der Waals surface area contributed by atoms with Gasteiger partial charge in [0.1, 0.15) is 0 Å². The molecule has 0 heterocycles. The second-order valence-electron chi connectivity index (χ2n) is 3.72. The molecule has 0 aromatic rings. The van der Waals surface area contributed by atoms with Gasteiger partial charge in [0.2, 0.25) is 0 Å². The van der Waals surface area contributed by atoms with Gasteiger partial charge in [0.15, 0.2) is 0 Å². The van der Waals surface area contributed by atoms with Gasteiger partial charge in [0.05, 0.1) is 26.4 Å². The van der Waals surface area contributed by atoms with Crippen LogP contribution in [0.15, 0.2) is 0 Å². The zero-order valence-electron chi connectivity index (χ0n) is 10.3. The quantitative estimate of drug-likeness (QED) is 0.578. The number of hydrogen-bond acceptors (Lipinski definition) is 4. The Labute approximate surface area is 98.9 Å². The first kappa shape index (κ1) is 18.2. The van der Waals surface area contributed by atoms with Gasteiger partial charge in [-0.15, -0.1) is 0 Å². The molecule has 0 saturated heterocycles. The molecule has 100 valence electrons. The Kier molecular flexibility index (Phi) is 23.1. The molecule has 0 amide bonds. The first-order valence-corrected chi connectivity index (χ1v) is 6.26. The highest BCUT2D eigenvalue weighted by molar-refractivity contribution is 4.51. The molecular formula is C12H28O4. The van der Waals surface area contributed by atoms with Gasteiger partial charge in [-0.2, -0.15) is 0 Å². The lowest BCUT2D eigenvalue weighted by Crippen LogP contribution is -1.85. The summed E-state index contributed by atoms with van der Waals surface area (Å²) in [6, 6.07) is 0. The van der Waals surface area contributed by atoms with E-state index in [9.17, 15) is 0 Å². The summed E-state index contributed by atoms with van der Waals surface area (Å²) in [5.74, 6) is 0. The summed E-state index contributed by atoms with van der Waals surface area (Å²) < 4.78 is 0. The second-order valence-corrected chi connectivity index (χ2v) is 3.72. The first-order chi connectivity index (χ1) is 7.83. The molecule has 4 nitrogen and oxygen atoms in total. The Morgan fingerprint density at radius 1 is 0.375 bits per heavy atom. The highest BCUT2D eigenvalue weighted by atomic mass is 16.3. The molecule has 0 aliphatic heterocycles. The standard InChI is InChI=1S/C5H10.C3H6.2C2H6O2/c1-2-4-5-3-1;1-2-3-1;2*3-1-2-4/h1-5H2;1-3H2;2*3-4H,1-2H2. The SMILES string of the molecule is C1CC1.C1CCCC1.OCCO.OCCO. The average Bonchev–Trinajstić information content (AvgIpc) is 3.12. The smallest absolute Gasteiger partial charge is 0.0662 e. The molecular weight excluding hydrogens is 208 g/mol. The van der Waals surface area contributed by atoms with Gasteiger partial charge < -0.3 is 20.4 Å². The van der Waals surface area contributed by atoms with E-state index < -0.39 is 0 Å². The monoisotopic (exact) mass is 236 g/mol. The van der Waals surface area contributed by atoms with Crippen LogP contribution in [0.2, 0.25) is 0 Å². The van der Waals surface area contributed by atoms with Crippen LogP contribution in [0.25, 0.3) is 0 Å². The average molecular weight is 236 g/mol. The molecule has 2 fully saturated rings. The van der Waals surface area contributed by atoms with E-state index in [1.807, 2.05) is 0 Å². The fourth-order valence-electron chi connectivity index (χ4n) is 0.884. The molecule has 0 aromatic heterocycles. The van der Waals surface area contributed by atoms with Crippen molar-refractivity contribution in [1.82, 2.24) is 0 Å². The Morgan fingerprint density at radius 2 is 0.500 bits per heavy atom. The van der Waals surface area contributed by atoms with Crippen molar-refractivity contribution in [3.05, 3.63) is 0 Å². The number of aliphatic hydroxyl groups excluding tert-OH is 4. The molecule has 0 atom stereocenters. The normalized spacial score (nSPS) is 15.8. The van der Waals surface area contributed by atoms with E-state index in [-0.39, 0.29) is 26.4 Å². The summed E-state index contributed by atoms with van der Waals surface area (Å²) in [7, 11) is 0. The van der Waals surface area contributed by atoms with Crippen molar-refractivity contribution in [1.29, 1.82) is 0 Å². The van der Waals surface area contributed by atoms with E-state index in [2.05, 4.69) is 0 Å². The van der Waals surface area contributed by atoms with Gasteiger partial charge in [0, 0.05) is 0 Å². The van der Waals surface area contributed by atoms with E-state index in [1.54, 1.807) is 0 Å². The Balaban J connectivity index is 0. The van der Waals surface area contributed by atoms with Crippen LogP contribution in [0.3, 0.4) is 0 Å². The molecule has 4 heteroatoms. The highest BCUT2D eigenvalue weighted by Crippen LogP contribution is 2.15. The first-order valence-electron chi connectivity index (χ1n) is 6.26. The lowest BCUT2D eigenvalue weighted by Gasteiger charge is -1.70. The van der Waals surface area contributed by atoms with Crippen LogP contribution < -0.4 is 0 Å².